The quantitative estimate of drug-likeness (QED) is 0.163. The van der Waals surface area contributed by atoms with Gasteiger partial charge in [0.25, 0.3) is 5.69 Å². The smallest absolute Gasteiger partial charge is 0.269 e. The molecule has 0 saturated carbocycles. The van der Waals surface area contributed by atoms with Crippen molar-refractivity contribution in [3.63, 3.8) is 0 Å². The highest BCUT2D eigenvalue weighted by Gasteiger charge is 2.34. The minimum atomic E-state index is -1.70. The number of rotatable bonds is 11. The van der Waals surface area contributed by atoms with Crippen molar-refractivity contribution in [1.29, 1.82) is 0 Å². The van der Waals surface area contributed by atoms with E-state index in [2.05, 4.69) is 25.5 Å². The highest BCUT2D eigenvalue weighted by Crippen LogP contribution is 2.32. The lowest BCUT2D eigenvalue weighted by molar-refractivity contribution is -0.384. The van der Waals surface area contributed by atoms with E-state index in [1.54, 1.807) is 12.1 Å². The third-order valence-electron chi connectivity index (χ3n) is 6.90. The number of ether oxygens (including phenoxy) is 2. The number of nitrogens with one attached hydrogen (secondary N) is 1. The lowest BCUT2D eigenvalue weighted by atomic mass is 9.93. The van der Waals surface area contributed by atoms with E-state index in [0.717, 1.165) is 34.8 Å². The van der Waals surface area contributed by atoms with Gasteiger partial charge in [0.05, 0.1) is 24.4 Å². The molecule has 5 aromatic rings. The van der Waals surface area contributed by atoms with Crippen LogP contribution < -0.4 is 14.8 Å². The zero-order valence-electron chi connectivity index (χ0n) is 24.2. The average molecular weight is 635 g/mol. The molecule has 0 atom stereocenters. The molecular weight excluding hydrogens is 606 g/mol. The Morgan fingerprint density at radius 2 is 1.59 bits per heavy atom. The summed E-state index contributed by atoms with van der Waals surface area (Å²) in [6.45, 7) is 0.598. The summed E-state index contributed by atoms with van der Waals surface area (Å²) in [5.41, 5.74) is 0.0528. The van der Waals surface area contributed by atoms with Crippen molar-refractivity contribution in [3.8, 4) is 11.5 Å². The molecule has 1 aliphatic rings. The first-order valence-corrected chi connectivity index (χ1v) is 13.9. The van der Waals surface area contributed by atoms with Gasteiger partial charge in [-0.15, -0.1) is 0 Å². The number of carbonyl (C=O) groups is 1. The molecule has 2 N–H and O–H groups in total. The van der Waals surface area contributed by atoms with E-state index in [-0.39, 0.29) is 43.5 Å². The van der Waals surface area contributed by atoms with Crippen LogP contribution in [0, 0.1) is 21.7 Å². The standard InChI is InChI=1S/C17H16N2O5.C13H12F2N6O/c20-17(10-12-1-4-14(5-2-12)19(21)22)18-8-7-13-3-6-15-16(9-13)24-11-23-15;14-10-1-2-11(12(15)3-10)13(22,4-20-8-16-6-18-20)5-21-9-17-7-19-21/h1-6,9H,7-8,10-11H2,(H,18,20);1-3,6-9,22H,4-5H2. The Kier molecular flexibility index (Phi) is 9.87. The largest absolute Gasteiger partial charge is 0.454 e. The monoisotopic (exact) mass is 634 g/mol. The SMILES string of the molecule is O=C(Cc1ccc([N+](=O)[O-])cc1)NCCc1ccc2c(c1)OCO2.OC(Cn1cncn1)(Cn1cncn1)c1ccc(F)cc1F. The number of fused-ring (bicyclic) bond motifs is 1. The molecule has 14 nitrogen and oxygen atoms in total. The Labute approximate surface area is 260 Å². The summed E-state index contributed by atoms with van der Waals surface area (Å²) in [5, 5.41) is 32.2. The molecule has 3 heterocycles. The van der Waals surface area contributed by atoms with Gasteiger partial charge in [-0.2, -0.15) is 10.2 Å². The van der Waals surface area contributed by atoms with Crippen molar-refractivity contribution in [1.82, 2.24) is 34.8 Å². The number of hydrogen-bond donors (Lipinski definition) is 2. The van der Waals surface area contributed by atoms with E-state index in [1.165, 1.54) is 52.9 Å². The van der Waals surface area contributed by atoms with E-state index in [9.17, 15) is 28.8 Å². The maximum absolute atomic E-state index is 14.1. The number of non-ortho nitro benzene ring substituents is 1. The van der Waals surface area contributed by atoms with Gasteiger partial charge in [-0.3, -0.25) is 14.9 Å². The minimum absolute atomic E-state index is 0.0157. The average Bonchev–Trinajstić information content (AvgIpc) is 3.81. The van der Waals surface area contributed by atoms with Crippen molar-refractivity contribution in [2.75, 3.05) is 13.3 Å². The summed E-state index contributed by atoms with van der Waals surface area (Å²) < 4.78 is 40.5. The highest BCUT2D eigenvalue weighted by atomic mass is 19.1. The number of nitro benzene ring substituents is 1. The molecule has 6 rings (SSSR count). The first-order valence-electron chi connectivity index (χ1n) is 13.9. The first kappa shape index (κ1) is 31.6. The summed E-state index contributed by atoms with van der Waals surface area (Å²) in [6, 6.07) is 14.7. The lowest BCUT2D eigenvalue weighted by Crippen LogP contribution is -2.37. The summed E-state index contributed by atoms with van der Waals surface area (Å²) in [4.78, 5) is 29.6. The van der Waals surface area contributed by atoms with Crippen LogP contribution in [-0.4, -0.2) is 58.8 Å². The molecule has 238 valence electrons. The van der Waals surface area contributed by atoms with Crippen LogP contribution in [0.4, 0.5) is 14.5 Å². The van der Waals surface area contributed by atoms with Crippen LogP contribution >= 0.6 is 0 Å². The van der Waals surface area contributed by atoms with Crippen LogP contribution in [0.15, 0.2) is 86.0 Å². The van der Waals surface area contributed by atoms with Crippen molar-refractivity contribution in [2.45, 2.75) is 31.5 Å². The number of carbonyl (C=O) groups excluding carboxylic acids is 1. The predicted octanol–water partition coefficient (Wildman–Crippen LogP) is 2.96. The lowest BCUT2D eigenvalue weighted by Gasteiger charge is -2.28. The molecule has 0 radical (unpaired) electrons. The van der Waals surface area contributed by atoms with E-state index >= 15 is 0 Å². The number of aromatic nitrogens is 6. The second-order valence-electron chi connectivity index (χ2n) is 10.2. The molecule has 0 fully saturated rings. The van der Waals surface area contributed by atoms with Gasteiger partial charge in [-0.1, -0.05) is 24.3 Å². The van der Waals surface area contributed by atoms with Crippen LogP contribution in [0.3, 0.4) is 0 Å². The Bertz CT molecular complexity index is 1730. The topological polar surface area (TPSA) is 172 Å². The number of nitro groups is 1. The summed E-state index contributed by atoms with van der Waals surface area (Å²) >= 11 is 0. The fourth-order valence-corrected chi connectivity index (χ4v) is 4.68. The molecular formula is C30H28F2N8O6. The fraction of sp³-hybridized carbons (Fsp3) is 0.233. The molecule has 0 aliphatic carbocycles. The van der Waals surface area contributed by atoms with Gasteiger partial charge in [0.15, 0.2) is 11.5 Å². The molecule has 3 aromatic carbocycles. The molecule has 1 aliphatic heterocycles. The van der Waals surface area contributed by atoms with Gasteiger partial charge in [0.1, 0.15) is 42.5 Å². The van der Waals surface area contributed by atoms with Crippen LogP contribution in [-0.2, 0) is 36.3 Å². The third kappa shape index (κ3) is 8.23. The number of hydrogen-bond acceptors (Lipinski definition) is 10. The normalized spacial score (nSPS) is 11.9. The van der Waals surface area contributed by atoms with Gasteiger partial charge in [-0.05, 0) is 35.7 Å². The van der Waals surface area contributed by atoms with E-state index < -0.39 is 22.2 Å². The zero-order chi connectivity index (χ0) is 32.5. The van der Waals surface area contributed by atoms with E-state index in [0.29, 0.717) is 13.0 Å². The first-order chi connectivity index (χ1) is 22.2. The number of amides is 1. The van der Waals surface area contributed by atoms with Gasteiger partial charge in [0, 0.05) is 30.3 Å². The van der Waals surface area contributed by atoms with Crippen molar-refractivity contribution in [3.05, 3.63) is 124 Å². The number of halogens is 2. The minimum Gasteiger partial charge on any atom is -0.454 e. The molecule has 46 heavy (non-hydrogen) atoms. The van der Waals surface area contributed by atoms with Gasteiger partial charge >= 0.3 is 0 Å². The van der Waals surface area contributed by atoms with Gasteiger partial charge in [-0.25, -0.2) is 28.1 Å². The van der Waals surface area contributed by atoms with Crippen molar-refractivity contribution < 1.29 is 33.1 Å². The van der Waals surface area contributed by atoms with Gasteiger partial charge in [0.2, 0.25) is 12.7 Å². The van der Waals surface area contributed by atoms with Crippen molar-refractivity contribution >= 4 is 11.6 Å². The summed E-state index contributed by atoms with van der Waals surface area (Å²) in [5.74, 6) is -0.219. The highest BCUT2D eigenvalue weighted by molar-refractivity contribution is 5.78. The van der Waals surface area contributed by atoms with Crippen LogP contribution in [0.5, 0.6) is 11.5 Å². The zero-order valence-corrected chi connectivity index (χ0v) is 24.2. The van der Waals surface area contributed by atoms with Crippen molar-refractivity contribution in [2.24, 2.45) is 0 Å². The van der Waals surface area contributed by atoms with E-state index in [4.69, 9.17) is 9.47 Å². The summed E-state index contributed by atoms with van der Waals surface area (Å²) in [6.07, 6.45) is 6.27. The number of nitrogens with zero attached hydrogens (tertiary/aromatic N) is 7. The van der Waals surface area contributed by atoms with Gasteiger partial charge < -0.3 is 19.9 Å². The molecule has 0 unspecified atom stereocenters. The Morgan fingerprint density at radius 1 is 0.935 bits per heavy atom. The second-order valence-corrected chi connectivity index (χ2v) is 10.2. The molecule has 0 bridgehead atoms. The van der Waals surface area contributed by atoms with Crippen LogP contribution in [0.2, 0.25) is 0 Å². The maximum Gasteiger partial charge on any atom is 0.269 e. The maximum atomic E-state index is 14.1. The molecule has 16 heteroatoms. The Balaban J connectivity index is 0.000000182. The Hall–Kier alpha value is -5.77. The van der Waals surface area contributed by atoms with Crippen LogP contribution in [0.25, 0.3) is 0 Å². The molecule has 0 saturated heterocycles. The number of aliphatic hydroxyl groups is 1. The second kappa shape index (κ2) is 14.3. The molecule has 0 spiro atoms. The molecule has 2 aromatic heterocycles. The summed E-state index contributed by atoms with van der Waals surface area (Å²) in [7, 11) is 0. The number of benzene rings is 3. The van der Waals surface area contributed by atoms with Crippen LogP contribution in [0.1, 0.15) is 16.7 Å². The fourth-order valence-electron chi connectivity index (χ4n) is 4.68. The van der Waals surface area contributed by atoms with E-state index in [1.807, 2.05) is 18.2 Å². The molecule has 1 amide bonds. The predicted molar refractivity (Wildman–Crippen MR) is 156 cm³/mol. The third-order valence-corrected chi connectivity index (χ3v) is 6.90. The Morgan fingerprint density at radius 3 is 2.20 bits per heavy atom.